The molecule has 4 rings (SSSR count). The Labute approximate surface area is 197 Å². The molecule has 0 saturated carbocycles. The number of hydrogen-bond donors (Lipinski definition) is 1. The number of rotatable bonds is 6. The summed E-state index contributed by atoms with van der Waals surface area (Å²) in [5.41, 5.74) is 2.51. The lowest BCUT2D eigenvalue weighted by atomic mass is 9.91. The van der Waals surface area contributed by atoms with Gasteiger partial charge in [-0.25, -0.2) is 4.98 Å². The zero-order chi connectivity index (χ0) is 22.5. The Kier molecular flexibility index (Phi) is 7.69. The molecule has 0 aliphatic carbocycles. The van der Waals surface area contributed by atoms with Gasteiger partial charge in [-0.3, -0.25) is 9.69 Å². The van der Waals surface area contributed by atoms with E-state index in [-0.39, 0.29) is 11.8 Å². The molecule has 5 nitrogen and oxygen atoms in total. The quantitative estimate of drug-likeness (QED) is 0.684. The fourth-order valence-electron chi connectivity index (χ4n) is 5.20. The van der Waals surface area contributed by atoms with Crippen molar-refractivity contribution in [2.75, 3.05) is 31.1 Å². The van der Waals surface area contributed by atoms with Gasteiger partial charge in [-0.15, -0.1) is 0 Å². The van der Waals surface area contributed by atoms with Crippen LogP contribution in [0, 0.1) is 17.8 Å². The van der Waals surface area contributed by atoms with Crippen LogP contribution in [0.2, 0.25) is 5.02 Å². The molecule has 0 bridgehead atoms. The Morgan fingerprint density at radius 1 is 1.03 bits per heavy atom. The Hall–Kier alpha value is -2.11. The number of piperidine rings is 2. The van der Waals surface area contributed by atoms with E-state index >= 15 is 0 Å². The molecule has 32 heavy (non-hydrogen) atoms. The summed E-state index contributed by atoms with van der Waals surface area (Å²) in [6, 6.07) is 12.5. The summed E-state index contributed by atoms with van der Waals surface area (Å²) in [5.74, 6) is 2.72. The average Bonchev–Trinajstić information content (AvgIpc) is 2.78. The van der Waals surface area contributed by atoms with Crippen molar-refractivity contribution >= 4 is 23.3 Å². The van der Waals surface area contributed by atoms with Crippen LogP contribution in [0.3, 0.4) is 0 Å². The van der Waals surface area contributed by atoms with Crippen molar-refractivity contribution in [1.82, 2.24) is 15.2 Å². The highest BCUT2D eigenvalue weighted by atomic mass is 35.5. The van der Waals surface area contributed by atoms with E-state index in [1.165, 1.54) is 25.1 Å². The summed E-state index contributed by atoms with van der Waals surface area (Å²) in [5, 5.41) is 3.79. The van der Waals surface area contributed by atoms with Crippen LogP contribution in [0.4, 0.5) is 5.82 Å². The second-order valence-corrected chi connectivity index (χ2v) is 10.2. The number of halogens is 1. The van der Waals surface area contributed by atoms with E-state index in [9.17, 15) is 4.79 Å². The van der Waals surface area contributed by atoms with Crippen LogP contribution in [0.5, 0.6) is 0 Å². The summed E-state index contributed by atoms with van der Waals surface area (Å²) in [7, 11) is 0. The first-order valence-electron chi connectivity index (χ1n) is 11.9. The van der Waals surface area contributed by atoms with Gasteiger partial charge in [0.15, 0.2) is 0 Å². The lowest BCUT2D eigenvalue weighted by Crippen LogP contribution is -2.40. The average molecular weight is 455 g/mol. The van der Waals surface area contributed by atoms with Gasteiger partial charge in [0.05, 0.1) is 5.02 Å². The van der Waals surface area contributed by atoms with E-state index in [0.717, 1.165) is 55.7 Å². The smallest absolute Gasteiger partial charge is 0.223 e. The van der Waals surface area contributed by atoms with Gasteiger partial charge in [0, 0.05) is 51.4 Å². The molecule has 2 saturated heterocycles. The highest BCUT2D eigenvalue weighted by molar-refractivity contribution is 6.30. The fourth-order valence-corrected chi connectivity index (χ4v) is 5.31. The van der Waals surface area contributed by atoms with Crippen molar-refractivity contribution in [3.05, 3.63) is 58.7 Å². The van der Waals surface area contributed by atoms with Gasteiger partial charge in [-0.05, 0) is 54.4 Å². The predicted molar refractivity (Wildman–Crippen MR) is 131 cm³/mol. The zero-order valence-corrected chi connectivity index (χ0v) is 20.0. The molecule has 2 aliphatic heterocycles. The number of carbonyl (C=O) groups is 1. The maximum atomic E-state index is 12.7. The number of pyridine rings is 1. The number of nitrogens with one attached hydrogen (secondary N) is 1. The largest absolute Gasteiger partial charge is 0.357 e. The second kappa shape index (κ2) is 10.7. The Balaban J connectivity index is 1.21. The molecule has 2 aromatic rings. The minimum atomic E-state index is 0.0703. The van der Waals surface area contributed by atoms with E-state index in [0.29, 0.717) is 11.6 Å². The van der Waals surface area contributed by atoms with Gasteiger partial charge in [-0.2, -0.15) is 0 Å². The fraction of sp³-hybridized carbons (Fsp3) is 0.538. The summed E-state index contributed by atoms with van der Waals surface area (Å²) in [6.07, 6.45) is 4.71. The first kappa shape index (κ1) is 23.1. The van der Waals surface area contributed by atoms with Crippen molar-refractivity contribution in [2.45, 2.75) is 46.2 Å². The van der Waals surface area contributed by atoms with Crippen molar-refractivity contribution in [2.24, 2.45) is 17.8 Å². The number of nitrogens with zero attached hydrogens (tertiary/aromatic N) is 3. The van der Waals surface area contributed by atoms with E-state index in [1.54, 1.807) is 6.20 Å². The first-order valence-corrected chi connectivity index (χ1v) is 12.3. The molecule has 172 valence electrons. The second-order valence-electron chi connectivity index (χ2n) is 9.77. The minimum Gasteiger partial charge on any atom is -0.357 e. The molecule has 1 aromatic carbocycles. The van der Waals surface area contributed by atoms with Crippen LogP contribution in [-0.2, 0) is 17.9 Å². The molecule has 1 N–H and O–H groups in total. The number of anilines is 1. The third kappa shape index (κ3) is 6.23. The third-order valence-electron chi connectivity index (χ3n) is 6.74. The van der Waals surface area contributed by atoms with Crippen molar-refractivity contribution in [3.63, 3.8) is 0 Å². The van der Waals surface area contributed by atoms with Crippen molar-refractivity contribution in [3.8, 4) is 0 Å². The summed E-state index contributed by atoms with van der Waals surface area (Å²) >= 11 is 5.93. The number of carbonyl (C=O) groups excluding carboxylic acids is 1. The molecule has 2 atom stereocenters. The molecular formula is C26H35ClN4O. The molecular weight excluding hydrogens is 420 g/mol. The number of amides is 1. The first-order chi connectivity index (χ1) is 15.5. The number of benzene rings is 1. The molecule has 0 radical (unpaired) electrons. The summed E-state index contributed by atoms with van der Waals surface area (Å²) in [4.78, 5) is 21.9. The van der Waals surface area contributed by atoms with Crippen LogP contribution in [0.1, 0.15) is 44.2 Å². The van der Waals surface area contributed by atoms with Gasteiger partial charge in [0.25, 0.3) is 0 Å². The predicted octanol–water partition coefficient (Wildman–Crippen LogP) is 4.75. The van der Waals surface area contributed by atoms with Crippen LogP contribution in [0.25, 0.3) is 0 Å². The molecule has 3 heterocycles. The maximum Gasteiger partial charge on any atom is 0.223 e. The van der Waals surface area contributed by atoms with E-state index in [2.05, 4.69) is 58.2 Å². The Morgan fingerprint density at radius 2 is 1.69 bits per heavy atom. The molecule has 2 fully saturated rings. The molecule has 2 aliphatic rings. The van der Waals surface area contributed by atoms with E-state index in [4.69, 9.17) is 11.6 Å². The number of hydrogen-bond acceptors (Lipinski definition) is 4. The van der Waals surface area contributed by atoms with Crippen molar-refractivity contribution in [1.29, 1.82) is 0 Å². The maximum absolute atomic E-state index is 12.7. The number of likely N-dealkylation sites (tertiary alicyclic amines) is 1. The van der Waals surface area contributed by atoms with Crippen LogP contribution in [0.15, 0.2) is 42.6 Å². The highest BCUT2D eigenvalue weighted by Gasteiger charge is 2.25. The monoisotopic (exact) mass is 454 g/mol. The van der Waals surface area contributed by atoms with Crippen LogP contribution in [-0.4, -0.2) is 42.0 Å². The molecule has 1 amide bonds. The van der Waals surface area contributed by atoms with Gasteiger partial charge >= 0.3 is 0 Å². The molecule has 1 aromatic heterocycles. The normalized spacial score (nSPS) is 22.7. The van der Waals surface area contributed by atoms with Crippen LogP contribution < -0.4 is 10.2 Å². The molecule has 0 spiro atoms. The third-order valence-corrected chi connectivity index (χ3v) is 6.97. The zero-order valence-electron chi connectivity index (χ0n) is 19.3. The lowest BCUT2D eigenvalue weighted by molar-refractivity contribution is -0.125. The van der Waals surface area contributed by atoms with Gasteiger partial charge in [-0.1, -0.05) is 49.7 Å². The summed E-state index contributed by atoms with van der Waals surface area (Å²) < 4.78 is 0. The molecule has 2 unspecified atom stereocenters. The highest BCUT2D eigenvalue weighted by Crippen LogP contribution is 2.24. The lowest BCUT2D eigenvalue weighted by Gasteiger charge is -2.35. The van der Waals surface area contributed by atoms with Gasteiger partial charge < -0.3 is 10.2 Å². The minimum absolute atomic E-state index is 0.0703. The molecule has 6 heteroatoms. The van der Waals surface area contributed by atoms with E-state index < -0.39 is 0 Å². The van der Waals surface area contributed by atoms with Crippen molar-refractivity contribution < 1.29 is 4.79 Å². The summed E-state index contributed by atoms with van der Waals surface area (Å²) in [6.45, 7) is 10.4. The standard InChI is InChI=1S/C26H35ClN4O/c1-19-13-20(2)17-30(16-19)18-22-5-3-21(4-6-22)14-29-26(32)23-9-11-31(12-10-23)25-8-7-24(27)15-28-25/h3-8,15,19-20,23H,9-14,16-18H2,1-2H3,(H,29,32). The van der Waals surface area contributed by atoms with E-state index in [1.807, 2.05) is 12.1 Å². The van der Waals surface area contributed by atoms with Gasteiger partial charge in [0.2, 0.25) is 5.91 Å². The Bertz CT molecular complexity index is 868. The topological polar surface area (TPSA) is 48.5 Å². The SMILES string of the molecule is CC1CC(C)CN(Cc2ccc(CNC(=O)C3CCN(c4ccc(Cl)cn4)CC3)cc2)C1. The van der Waals surface area contributed by atoms with Crippen LogP contribution >= 0.6 is 11.6 Å². The Morgan fingerprint density at radius 3 is 2.31 bits per heavy atom. The number of aromatic nitrogens is 1. The van der Waals surface area contributed by atoms with Gasteiger partial charge in [0.1, 0.15) is 5.82 Å².